The van der Waals surface area contributed by atoms with Gasteiger partial charge in [-0.1, -0.05) is 48.5 Å². The van der Waals surface area contributed by atoms with Crippen molar-refractivity contribution in [2.75, 3.05) is 29.2 Å². The first-order chi connectivity index (χ1) is 20.8. The molecule has 0 aromatic heterocycles. The fraction of sp³-hybridized carbons (Fsp3) is 0.118. The first-order valence-electron chi connectivity index (χ1n) is 13.6. The van der Waals surface area contributed by atoms with Crippen molar-refractivity contribution in [3.8, 4) is 0 Å². The van der Waals surface area contributed by atoms with Crippen LogP contribution in [0.1, 0.15) is 22.3 Å². The lowest BCUT2D eigenvalue weighted by molar-refractivity contribution is -0.121. The van der Waals surface area contributed by atoms with Gasteiger partial charge in [0.15, 0.2) is 0 Å². The quantitative estimate of drug-likeness (QED) is 0.195. The molecule has 0 radical (unpaired) electrons. The van der Waals surface area contributed by atoms with Gasteiger partial charge < -0.3 is 15.5 Å². The molecule has 1 heterocycles. The van der Waals surface area contributed by atoms with E-state index in [1.165, 1.54) is 16.7 Å². The molecule has 4 aromatic carbocycles. The Kier molecular flexibility index (Phi) is 9.02. The summed E-state index contributed by atoms with van der Waals surface area (Å²) in [6.07, 6.45) is 1.74. The molecule has 0 aliphatic carbocycles. The van der Waals surface area contributed by atoms with E-state index in [0.717, 1.165) is 16.1 Å². The third kappa shape index (κ3) is 7.20. The first kappa shape index (κ1) is 29.3. The number of benzene rings is 4. The summed E-state index contributed by atoms with van der Waals surface area (Å²) in [5.74, 6) is -1.37. The molecule has 9 heteroatoms. The van der Waals surface area contributed by atoms with E-state index < -0.39 is 17.1 Å². The topological polar surface area (TPSA) is 98.8 Å². The summed E-state index contributed by atoms with van der Waals surface area (Å²) >= 11 is 1.31. The van der Waals surface area contributed by atoms with E-state index in [4.69, 9.17) is 0 Å². The van der Waals surface area contributed by atoms with Gasteiger partial charge in [0.25, 0.3) is 11.8 Å². The molecule has 2 N–H and O–H groups in total. The largest absolute Gasteiger partial charge is 0.378 e. The Morgan fingerprint density at radius 3 is 2.09 bits per heavy atom. The average Bonchev–Trinajstić information content (AvgIpc) is 3.30. The van der Waals surface area contributed by atoms with Crippen LogP contribution in [0.4, 0.5) is 17.1 Å². The maximum atomic E-state index is 13.4. The van der Waals surface area contributed by atoms with Crippen LogP contribution in [-0.2, 0) is 14.4 Å². The van der Waals surface area contributed by atoms with E-state index in [9.17, 15) is 19.2 Å². The number of rotatable bonds is 9. The second-order valence-corrected chi connectivity index (χ2v) is 11.3. The molecule has 43 heavy (non-hydrogen) atoms. The van der Waals surface area contributed by atoms with Crippen molar-refractivity contribution in [2.24, 2.45) is 0 Å². The molecule has 5 rings (SSSR count). The number of para-hydroxylation sites is 1. The van der Waals surface area contributed by atoms with Gasteiger partial charge in [-0.05, 0) is 72.3 Å². The number of hydrogen-bond donors (Lipinski definition) is 2. The standard InChI is InChI=1S/C34H30N4O4S/c1-37(2)26-17-13-23(14-18-26)21-29(36-32(40)24-9-5-3-6-10-24)33(41)35-25-15-19-28(20-16-25)43-30-22-31(39)38(34(30)42)27-11-7-4-8-12-27/h3-21,30H,22H2,1-2H3,(H,35,41)(H,36,40)/b29-21-. The minimum absolute atomic E-state index is 0.0842. The van der Waals surface area contributed by atoms with Gasteiger partial charge in [-0.2, -0.15) is 0 Å². The van der Waals surface area contributed by atoms with Gasteiger partial charge >= 0.3 is 0 Å². The fourth-order valence-electron chi connectivity index (χ4n) is 4.50. The molecule has 1 fully saturated rings. The van der Waals surface area contributed by atoms with Crippen LogP contribution < -0.4 is 20.4 Å². The van der Waals surface area contributed by atoms with Crippen LogP contribution in [0.25, 0.3) is 6.08 Å². The Bertz CT molecular complexity index is 1650. The summed E-state index contributed by atoms with van der Waals surface area (Å²) in [7, 11) is 3.89. The Morgan fingerprint density at radius 2 is 1.47 bits per heavy atom. The SMILES string of the molecule is CN(C)c1ccc(/C=C(\NC(=O)c2ccccc2)C(=O)Nc2ccc(SC3CC(=O)N(c4ccccc4)C3=O)cc2)cc1. The normalized spacial score (nSPS) is 14.9. The number of carbonyl (C=O) groups excluding carboxylic acids is 4. The molecule has 4 aromatic rings. The lowest BCUT2D eigenvalue weighted by atomic mass is 10.1. The molecule has 0 spiro atoms. The van der Waals surface area contributed by atoms with Gasteiger partial charge in [-0.15, -0.1) is 11.8 Å². The molecule has 0 saturated carbocycles. The van der Waals surface area contributed by atoms with Crippen LogP contribution in [-0.4, -0.2) is 43.0 Å². The second kappa shape index (κ2) is 13.2. The molecule has 1 saturated heterocycles. The van der Waals surface area contributed by atoms with E-state index >= 15 is 0 Å². The third-order valence-electron chi connectivity index (χ3n) is 6.76. The number of anilines is 3. The molecule has 8 nitrogen and oxygen atoms in total. The van der Waals surface area contributed by atoms with Crippen LogP contribution in [0.5, 0.6) is 0 Å². The predicted octanol–water partition coefficient (Wildman–Crippen LogP) is 5.59. The van der Waals surface area contributed by atoms with Gasteiger partial charge in [0.1, 0.15) is 5.70 Å². The zero-order chi connectivity index (χ0) is 30.3. The van der Waals surface area contributed by atoms with Crippen LogP contribution in [0.3, 0.4) is 0 Å². The fourth-order valence-corrected chi connectivity index (χ4v) is 5.56. The highest BCUT2D eigenvalue weighted by molar-refractivity contribution is 8.00. The summed E-state index contributed by atoms with van der Waals surface area (Å²) in [6.45, 7) is 0. The van der Waals surface area contributed by atoms with Crippen molar-refractivity contribution in [1.82, 2.24) is 5.32 Å². The van der Waals surface area contributed by atoms with Crippen molar-refractivity contribution in [2.45, 2.75) is 16.6 Å². The second-order valence-electron chi connectivity index (χ2n) is 10.1. The minimum atomic E-state index is -0.533. The van der Waals surface area contributed by atoms with E-state index in [2.05, 4.69) is 10.6 Å². The van der Waals surface area contributed by atoms with Crippen molar-refractivity contribution in [3.05, 3.63) is 126 Å². The summed E-state index contributed by atoms with van der Waals surface area (Å²) in [5, 5.41) is 5.06. The zero-order valence-electron chi connectivity index (χ0n) is 23.7. The Labute approximate surface area is 254 Å². The van der Waals surface area contributed by atoms with Gasteiger partial charge in [0, 0.05) is 42.3 Å². The minimum Gasteiger partial charge on any atom is -0.378 e. The average molecular weight is 591 g/mol. The summed E-state index contributed by atoms with van der Waals surface area (Å²) < 4.78 is 0. The molecule has 4 amide bonds. The van der Waals surface area contributed by atoms with Gasteiger partial charge in [-0.3, -0.25) is 19.2 Å². The van der Waals surface area contributed by atoms with Crippen molar-refractivity contribution < 1.29 is 19.2 Å². The Hall–Kier alpha value is -5.15. The van der Waals surface area contributed by atoms with E-state index in [0.29, 0.717) is 16.9 Å². The monoisotopic (exact) mass is 590 g/mol. The Balaban J connectivity index is 1.29. The molecule has 1 aliphatic heterocycles. The van der Waals surface area contributed by atoms with Crippen LogP contribution in [0.15, 0.2) is 120 Å². The summed E-state index contributed by atoms with van der Waals surface area (Å²) in [4.78, 5) is 55.9. The lowest BCUT2D eigenvalue weighted by Crippen LogP contribution is -2.31. The van der Waals surface area contributed by atoms with Crippen molar-refractivity contribution in [1.29, 1.82) is 0 Å². The highest BCUT2D eigenvalue weighted by Crippen LogP contribution is 2.34. The van der Waals surface area contributed by atoms with Gasteiger partial charge in [-0.25, -0.2) is 4.90 Å². The summed E-state index contributed by atoms with van der Waals surface area (Å²) in [6, 6.07) is 32.2. The molecule has 1 atom stereocenters. The molecule has 0 bridgehead atoms. The van der Waals surface area contributed by atoms with Gasteiger partial charge in [0.2, 0.25) is 11.8 Å². The zero-order valence-corrected chi connectivity index (χ0v) is 24.5. The Morgan fingerprint density at radius 1 is 0.837 bits per heavy atom. The van der Waals surface area contributed by atoms with Crippen molar-refractivity contribution >= 4 is 58.5 Å². The van der Waals surface area contributed by atoms with E-state index in [1.807, 2.05) is 55.4 Å². The summed E-state index contributed by atoms with van der Waals surface area (Å²) in [5.41, 5.74) is 3.34. The number of nitrogens with zero attached hydrogens (tertiary/aromatic N) is 2. The third-order valence-corrected chi connectivity index (χ3v) is 7.96. The van der Waals surface area contributed by atoms with Crippen LogP contribution >= 0.6 is 11.8 Å². The number of imide groups is 1. The molecule has 1 aliphatic rings. The number of nitrogens with one attached hydrogen (secondary N) is 2. The van der Waals surface area contributed by atoms with Crippen LogP contribution in [0, 0.1) is 0 Å². The van der Waals surface area contributed by atoms with E-state index in [1.54, 1.807) is 78.9 Å². The predicted molar refractivity (Wildman–Crippen MR) is 171 cm³/mol. The molecular weight excluding hydrogens is 560 g/mol. The van der Waals surface area contributed by atoms with Crippen molar-refractivity contribution in [3.63, 3.8) is 0 Å². The molecule has 216 valence electrons. The number of amides is 4. The van der Waals surface area contributed by atoms with Gasteiger partial charge in [0.05, 0.1) is 10.9 Å². The number of carbonyl (C=O) groups is 4. The maximum absolute atomic E-state index is 13.4. The van der Waals surface area contributed by atoms with E-state index in [-0.39, 0.29) is 23.9 Å². The number of hydrogen-bond acceptors (Lipinski definition) is 6. The number of thioether (sulfide) groups is 1. The lowest BCUT2D eigenvalue weighted by Gasteiger charge is -2.15. The highest BCUT2D eigenvalue weighted by atomic mass is 32.2. The maximum Gasteiger partial charge on any atom is 0.272 e. The highest BCUT2D eigenvalue weighted by Gasteiger charge is 2.40. The molecular formula is C34H30N4O4S. The van der Waals surface area contributed by atoms with Crippen LogP contribution in [0.2, 0.25) is 0 Å². The smallest absolute Gasteiger partial charge is 0.272 e. The first-order valence-corrected chi connectivity index (χ1v) is 14.5. The molecule has 1 unspecified atom stereocenters.